The van der Waals surface area contributed by atoms with Crippen LogP contribution in [0.2, 0.25) is 0 Å². The molecule has 3 heterocycles. The minimum atomic E-state index is -0.319. The molecular weight excluding hydrogens is 349 g/mol. The van der Waals surface area contributed by atoms with Crippen LogP contribution in [0.5, 0.6) is 0 Å². The molecule has 0 atom stereocenters. The van der Waals surface area contributed by atoms with E-state index in [1.54, 1.807) is 34.5 Å². The zero-order valence-electron chi connectivity index (χ0n) is 14.6. The van der Waals surface area contributed by atoms with Gasteiger partial charge in [-0.1, -0.05) is 12.1 Å². The van der Waals surface area contributed by atoms with Crippen molar-refractivity contribution in [1.29, 1.82) is 0 Å². The van der Waals surface area contributed by atoms with Gasteiger partial charge in [-0.05, 0) is 36.6 Å². The number of hydrogen-bond acceptors (Lipinski definition) is 5. The van der Waals surface area contributed by atoms with Crippen molar-refractivity contribution in [1.82, 2.24) is 24.4 Å². The summed E-state index contributed by atoms with van der Waals surface area (Å²) in [6, 6.07) is 8.21. The van der Waals surface area contributed by atoms with Crippen LogP contribution in [0.15, 0.2) is 41.3 Å². The van der Waals surface area contributed by atoms with Crippen molar-refractivity contribution in [3.05, 3.63) is 58.4 Å². The third-order valence-corrected chi connectivity index (χ3v) is 4.83. The molecule has 1 aromatic carbocycles. The normalized spacial score (nSPS) is 14.3. The van der Waals surface area contributed by atoms with E-state index in [0.29, 0.717) is 16.9 Å². The van der Waals surface area contributed by atoms with Gasteiger partial charge in [-0.2, -0.15) is 5.10 Å². The first kappa shape index (κ1) is 16.1. The lowest BCUT2D eigenvalue weighted by atomic mass is 10.1. The minimum absolute atomic E-state index is 0.156. The van der Waals surface area contributed by atoms with Crippen LogP contribution in [0.25, 0.3) is 27.8 Å². The molecule has 0 radical (unpaired) electrons. The number of ether oxygens (including phenoxy) is 1. The summed E-state index contributed by atoms with van der Waals surface area (Å²) in [4.78, 5) is 12.7. The van der Waals surface area contributed by atoms with Gasteiger partial charge >= 0.3 is 0 Å². The van der Waals surface area contributed by atoms with Gasteiger partial charge in [-0.25, -0.2) is 8.91 Å². The highest BCUT2D eigenvalue weighted by molar-refractivity contribution is 5.84. The molecule has 1 fully saturated rings. The van der Waals surface area contributed by atoms with Crippen molar-refractivity contribution in [2.45, 2.75) is 25.5 Å². The number of aromatic nitrogens is 5. The number of nitrogens with zero attached hydrogens (tertiary/aromatic N) is 5. The average Bonchev–Trinajstić information content (AvgIpc) is 3.44. The first-order valence-corrected chi connectivity index (χ1v) is 8.71. The van der Waals surface area contributed by atoms with E-state index in [2.05, 4.69) is 15.3 Å². The molecule has 7 nitrogen and oxygen atoms in total. The average molecular weight is 365 g/mol. The van der Waals surface area contributed by atoms with E-state index in [-0.39, 0.29) is 29.5 Å². The quantitative estimate of drug-likeness (QED) is 0.556. The second-order valence-corrected chi connectivity index (χ2v) is 6.69. The van der Waals surface area contributed by atoms with Crippen LogP contribution in [0.4, 0.5) is 4.39 Å². The Labute approximate surface area is 153 Å². The third kappa shape index (κ3) is 2.52. The number of fused-ring (bicyclic) bond motifs is 3. The van der Waals surface area contributed by atoms with Gasteiger partial charge in [0.05, 0.1) is 17.9 Å². The fourth-order valence-electron chi connectivity index (χ4n) is 3.40. The number of hydrogen-bond donors (Lipinski definition) is 0. The maximum atomic E-state index is 13.3. The molecule has 8 heteroatoms. The monoisotopic (exact) mass is 365 g/mol. The molecule has 0 unspecified atom stereocenters. The van der Waals surface area contributed by atoms with Gasteiger partial charge in [-0.15, -0.1) is 10.2 Å². The van der Waals surface area contributed by atoms with Gasteiger partial charge in [-0.3, -0.25) is 4.79 Å². The van der Waals surface area contributed by atoms with Gasteiger partial charge in [0.1, 0.15) is 11.3 Å². The van der Waals surface area contributed by atoms with E-state index in [1.807, 2.05) is 6.07 Å². The van der Waals surface area contributed by atoms with Crippen LogP contribution >= 0.6 is 0 Å². The molecule has 1 saturated carbocycles. The molecule has 1 aliphatic carbocycles. The van der Waals surface area contributed by atoms with Crippen LogP contribution in [0, 0.1) is 5.82 Å². The molecule has 27 heavy (non-hydrogen) atoms. The van der Waals surface area contributed by atoms with Crippen molar-refractivity contribution in [3.63, 3.8) is 0 Å². The summed E-state index contributed by atoms with van der Waals surface area (Å²) in [5.74, 6) is -0.319. The molecule has 3 aromatic heterocycles. The summed E-state index contributed by atoms with van der Waals surface area (Å²) in [5, 5.41) is 13.1. The summed E-state index contributed by atoms with van der Waals surface area (Å²) >= 11 is 0. The van der Waals surface area contributed by atoms with Gasteiger partial charge < -0.3 is 9.30 Å². The van der Waals surface area contributed by atoms with E-state index in [9.17, 15) is 9.18 Å². The Kier molecular flexibility index (Phi) is 3.54. The SMILES string of the molecule is COCc1nn2c(nnc3c(=O)n(C4CC4)ccc32)c1-c1ccc(F)cc1. The van der Waals surface area contributed by atoms with E-state index in [1.165, 1.54) is 12.1 Å². The number of methoxy groups -OCH3 is 1. The Hall–Kier alpha value is -3.13. The zero-order valence-corrected chi connectivity index (χ0v) is 14.6. The van der Waals surface area contributed by atoms with Crippen molar-refractivity contribution in [2.24, 2.45) is 0 Å². The summed E-state index contributed by atoms with van der Waals surface area (Å²) in [6.07, 6.45) is 3.81. The third-order valence-electron chi connectivity index (χ3n) is 4.83. The Bertz CT molecular complexity index is 1230. The molecule has 0 amide bonds. The first-order valence-electron chi connectivity index (χ1n) is 8.71. The van der Waals surface area contributed by atoms with E-state index < -0.39 is 0 Å². The van der Waals surface area contributed by atoms with E-state index in [0.717, 1.165) is 24.0 Å². The smallest absolute Gasteiger partial charge is 0.280 e. The van der Waals surface area contributed by atoms with Gasteiger partial charge in [0, 0.05) is 19.3 Å². The number of rotatable bonds is 4. The Morgan fingerprint density at radius 1 is 1.19 bits per heavy atom. The van der Waals surface area contributed by atoms with Gasteiger partial charge in [0.2, 0.25) is 0 Å². The van der Waals surface area contributed by atoms with Crippen LogP contribution in [-0.2, 0) is 11.3 Å². The fourth-order valence-corrected chi connectivity index (χ4v) is 3.40. The molecule has 4 aromatic rings. The predicted molar refractivity (Wildman–Crippen MR) is 96.9 cm³/mol. The van der Waals surface area contributed by atoms with Crippen molar-refractivity contribution < 1.29 is 9.13 Å². The summed E-state index contributed by atoms with van der Waals surface area (Å²) in [5.41, 5.74) is 3.36. The minimum Gasteiger partial charge on any atom is -0.378 e. The highest BCUT2D eigenvalue weighted by Crippen LogP contribution is 2.34. The van der Waals surface area contributed by atoms with Crippen LogP contribution < -0.4 is 5.56 Å². The second kappa shape index (κ2) is 5.95. The Morgan fingerprint density at radius 2 is 1.96 bits per heavy atom. The summed E-state index contributed by atoms with van der Waals surface area (Å²) < 4.78 is 21.9. The van der Waals surface area contributed by atoms with Crippen molar-refractivity contribution in [2.75, 3.05) is 7.11 Å². The molecule has 0 N–H and O–H groups in total. The van der Waals surface area contributed by atoms with Crippen LogP contribution in [0.3, 0.4) is 0 Å². The van der Waals surface area contributed by atoms with Crippen molar-refractivity contribution in [3.8, 4) is 11.1 Å². The zero-order chi connectivity index (χ0) is 18.5. The molecule has 0 saturated heterocycles. The lowest BCUT2D eigenvalue weighted by molar-refractivity contribution is 0.181. The van der Waals surface area contributed by atoms with Crippen LogP contribution in [0.1, 0.15) is 24.6 Å². The molecule has 5 rings (SSSR count). The van der Waals surface area contributed by atoms with Crippen LogP contribution in [-0.4, -0.2) is 31.5 Å². The first-order chi connectivity index (χ1) is 13.2. The van der Waals surface area contributed by atoms with E-state index in [4.69, 9.17) is 4.74 Å². The summed E-state index contributed by atoms with van der Waals surface area (Å²) in [6.45, 7) is 0.261. The van der Waals surface area contributed by atoms with Gasteiger partial charge in [0.15, 0.2) is 11.2 Å². The predicted octanol–water partition coefficient (Wildman–Crippen LogP) is 2.73. The van der Waals surface area contributed by atoms with E-state index >= 15 is 0 Å². The molecular formula is C19H16FN5O2. The largest absolute Gasteiger partial charge is 0.378 e. The second-order valence-electron chi connectivity index (χ2n) is 6.69. The fraction of sp³-hybridized carbons (Fsp3) is 0.263. The van der Waals surface area contributed by atoms with Gasteiger partial charge in [0.25, 0.3) is 5.56 Å². The molecule has 0 spiro atoms. The lowest BCUT2D eigenvalue weighted by Gasteiger charge is -2.05. The summed E-state index contributed by atoms with van der Waals surface area (Å²) in [7, 11) is 1.58. The topological polar surface area (TPSA) is 74.3 Å². The highest BCUT2D eigenvalue weighted by atomic mass is 19.1. The Morgan fingerprint density at radius 3 is 2.67 bits per heavy atom. The molecule has 0 bridgehead atoms. The number of pyridine rings is 1. The molecule has 136 valence electrons. The molecule has 0 aliphatic heterocycles. The maximum Gasteiger partial charge on any atom is 0.280 e. The number of halogens is 1. The maximum absolute atomic E-state index is 13.3. The van der Waals surface area contributed by atoms with Crippen molar-refractivity contribution >= 4 is 16.7 Å². The standard InChI is InChI=1S/C19H16FN5O2/c1-27-10-14-16(11-2-4-12(20)5-3-11)18-22-21-17-15(25(18)23-14)8-9-24(19(17)26)13-6-7-13/h2-5,8-9,13H,6-7,10H2,1H3. The highest BCUT2D eigenvalue weighted by Gasteiger charge is 2.26. The lowest BCUT2D eigenvalue weighted by Crippen LogP contribution is -2.20. The molecule has 1 aliphatic rings. The number of benzene rings is 1. The Balaban J connectivity index is 1.80.